The summed E-state index contributed by atoms with van der Waals surface area (Å²) in [6, 6.07) is 10.9. The van der Waals surface area contributed by atoms with E-state index < -0.39 is 21.8 Å². The molecule has 34 heavy (non-hydrogen) atoms. The van der Waals surface area contributed by atoms with E-state index in [1.807, 2.05) is 0 Å². The Hall–Kier alpha value is -3.57. The van der Waals surface area contributed by atoms with Crippen LogP contribution >= 0.6 is 0 Å². The third-order valence-corrected chi connectivity index (χ3v) is 7.64. The maximum atomic E-state index is 12.9. The Morgan fingerprint density at radius 3 is 2.21 bits per heavy atom. The molecule has 0 radical (unpaired) electrons. The van der Waals surface area contributed by atoms with Crippen LogP contribution in [0, 0.1) is 6.92 Å². The van der Waals surface area contributed by atoms with Crippen molar-refractivity contribution < 1.29 is 18.0 Å². The summed E-state index contributed by atoms with van der Waals surface area (Å²) in [4.78, 5) is 38.0. The first kappa shape index (κ1) is 25.1. The summed E-state index contributed by atoms with van der Waals surface area (Å²) in [6.45, 7) is 7.72. The molecule has 0 saturated carbocycles. The van der Waals surface area contributed by atoms with E-state index in [0.29, 0.717) is 29.4 Å². The Bertz CT molecular complexity index is 1410. The highest BCUT2D eigenvalue weighted by molar-refractivity contribution is 7.89. The summed E-state index contributed by atoms with van der Waals surface area (Å²) in [5, 5.41) is 4.81. The molecule has 11 heteroatoms. The van der Waals surface area contributed by atoms with Crippen molar-refractivity contribution in [2.24, 2.45) is 0 Å². The van der Waals surface area contributed by atoms with Gasteiger partial charge in [-0.1, -0.05) is 38.1 Å². The average molecular weight is 486 g/mol. The molecule has 1 aromatic heterocycles. The number of amides is 2. The first-order valence-electron chi connectivity index (χ1n) is 10.9. The minimum Gasteiger partial charge on any atom is -0.267 e. The van der Waals surface area contributed by atoms with Gasteiger partial charge in [0, 0.05) is 30.6 Å². The van der Waals surface area contributed by atoms with Crippen LogP contribution in [0.15, 0.2) is 52.2 Å². The predicted molar refractivity (Wildman–Crippen MR) is 128 cm³/mol. The molecule has 0 aliphatic heterocycles. The molecule has 180 valence electrons. The molecule has 10 nitrogen and oxygen atoms in total. The standard InChI is InChI=1S/C23H27N5O5S/c1-5-27(6-2)34(32,33)19-14-16(13-12-15(19)4)21(29)24-25-22(30)20-17-10-8-9-11-18(17)23(31)28(7-3)26-20/h8-14H,5-7H2,1-4H3,(H,24,29)(H,25,30). The molecule has 3 aromatic rings. The number of aryl methyl sites for hydroxylation is 2. The number of aromatic nitrogens is 2. The zero-order valence-electron chi connectivity index (χ0n) is 19.5. The molecule has 2 amide bonds. The number of hydrogen-bond acceptors (Lipinski definition) is 6. The second-order valence-electron chi connectivity index (χ2n) is 7.49. The SMILES string of the molecule is CCN(CC)S(=O)(=O)c1cc(C(=O)NNC(=O)c2nn(CC)c(=O)c3ccccc23)ccc1C. The number of sulfonamides is 1. The van der Waals surface area contributed by atoms with Crippen LogP contribution in [0.5, 0.6) is 0 Å². The van der Waals surface area contributed by atoms with Crippen molar-refractivity contribution in [1.29, 1.82) is 0 Å². The zero-order valence-corrected chi connectivity index (χ0v) is 20.3. The Morgan fingerprint density at radius 2 is 1.59 bits per heavy atom. The molecule has 0 unspecified atom stereocenters. The molecule has 3 rings (SSSR count). The molecule has 0 fully saturated rings. The van der Waals surface area contributed by atoms with Crippen LogP contribution in [-0.2, 0) is 16.6 Å². The molecule has 0 spiro atoms. The van der Waals surface area contributed by atoms with E-state index in [4.69, 9.17) is 0 Å². The van der Waals surface area contributed by atoms with Gasteiger partial charge in [-0.15, -0.1) is 0 Å². The van der Waals surface area contributed by atoms with Crippen molar-refractivity contribution in [1.82, 2.24) is 24.9 Å². The highest BCUT2D eigenvalue weighted by Gasteiger charge is 2.25. The van der Waals surface area contributed by atoms with Gasteiger partial charge in [0.15, 0.2) is 5.69 Å². The normalized spacial score (nSPS) is 11.6. The van der Waals surface area contributed by atoms with Crippen molar-refractivity contribution in [3.8, 4) is 0 Å². The molecule has 0 atom stereocenters. The van der Waals surface area contributed by atoms with E-state index in [1.54, 1.807) is 58.0 Å². The predicted octanol–water partition coefficient (Wildman–Crippen LogP) is 1.83. The topological polar surface area (TPSA) is 130 Å². The number of carbonyl (C=O) groups is 2. The molecular formula is C23H27N5O5S. The van der Waals surface area contributed by atoms with Gasteiger partial charge in [-0.3, -0.25) is 25.2 Å². The van der Waals surface area contributed by atoms with Crippen LogP contribution in [0.25, 0.3) is 10.8 Å². The lowest BCUT2D eigenvalue weighted by Gasteiger charge is -2.20. The molecule has 2 N–H and O–H groups in total. The maximum absolute atomic E-state index is 12.9. The van der Waals surface area contributed by atoms with E-state index in [2.05, 4.69) is 16.0 Å². The molecular weight excluding hydrogens is 458 g/mol. The van der Waals surface area contributed by atoms with Gasteiger partial charge in [0.25, 0.3) is 17.4 Å². The largest absolute Gasteiger partial charge is 0.290 e. The number of hydrogen-bond donors (Lipinski definition) is 2. The van der Waals surface area contributed by atoms with Crippen molar-refractivity contribution in [2.45, 2.75) is 39.1 Å². The van der Waals surface area contributed by atoms with Gasteiger partial charge in [-0.05, 0) is 37.6 Å². The minimum absolute atomic E-state index is 0.0222. The van der Waals surface area contributed by atoms with Gasteiger partial charge in [-0.25, -0.2) is 13.1 Å². The monoisotopic (exact) mass is 485 g/mol. The summed E-state index contributed by atoms with van der Waals surface area (Å²) < 4.78 is 28.4. The number of nitrogens with one attached hydrogen (secondary N) is 2. The lowest BCUT2D eigenvalue weighted by atomic mass is 10.1. The fourth-order valence-electron chi connectivity index (χ4n) is 3.58. The van der Waals surface area contributed by atoms with E-state index >= 15 is 0 Å². The van der Waals surface area contributed by atoms with Crippen LogP contribution in [0.3, 0.4) is 0 Å². The molecule has 0 bridgehead atoms. The van der Waals surface area contributed by atoms with Crippen LogP contribution in [0.1, 0.15) is 47.2 Å². The number of carbonyl (C=O) groups excluding carboxylic acids is 2. The zero-order chi connectivity index (χ0) is 25.0. The van der Waals surface area contributed by atoms with Crippen molar-refractivity contribution in [3.63, 3.8) is 0 Å². The molecule has 0 saturated heterocycles. The Morgan fingerprint density at radius 1 is 0.971 bits per heavy atom. The molecule has 1 heterocycles. The third kappa shape index (κ3) is 4.70. The van der Waals surface area contributed by atoms with Crippen LogP contribution in [-0.4, -0.2) is 47.4 Å². The lowest BCUT2D eigenvalue weighted by molar-refractivity contribution is 0.0843. The summed E-state index contributed by atoms with van der Waals surface area (Å²) >= 11 is 0. The van der Waals surface area contributed by atoms with E-state index in [0.717, 1.165) is 0 Å². The average Bonchev–Trinajstić information content (AvgIpc) is 2.83. The van der Waals surface area contributed by atoms with Gasteiger partial charge < -0.3 is 0 Å². The first-order chi connectivity index (χ1) is 16.1. The molecule has 0 aliphatic carbocycles. The van der Waals surface area contributed by atoms with Gasteiger partial charge in [0.2, 0.25) is 10.0 Å². The van der Waals surface area contributed by atoms with Crippen LogP contribution in [0.2, 0.25) is 0 Å². The van der Waals surface area contributed by atoms with Crippen LogP contribution < -0.4 is 16.4 Å². The quantitative estimate of drug-likeness (QED) is 0.491. The Balaban J connectivity index is 1.87. The van der Waals surface area contributed by atoms with E-state index in [1.165, 1.54) is 21.1 Å². The smallest absolute Gasteiger partial charge is 0.267 e. The number of rotatable bonds is 7. The number of nitrogens with zero attached hydrogens (tertiary/aromatic N) is 3. The van der Waals surface area contributed by atoms with Gasteiger partial charge in [0.1, 0.15) is 0 Å². The van der Waals surface area contributed by atoms with Crippen molar-refractivity contribution >= 4 is 32.6 Å². The summed E-state index contributed by atoms with van der Waals surface area (Å²) in [5.74, 6) is -1.41. The second kappa shape index (κ2) is 10.1. The Kier molecular flexibility index (Phi) is 7.48. The van der Waals surface area contributed by atoms with Crippen molar-refractivity contribution in [2.75, 3.05) is 13.1 Å². The highest BCUT2D eigenvalue weighted by Crippen LogP contribution is 2.21. The van der Waals surface area contributed by atoms with Crippen LogP contribution in [0.4, 0.5) is 0 Å². The fourth-order valence-corrected chi connectivity index (χ4v) is 5.29. The minimum atomic E-state index is -3.77. The van der Waals surface area contributed by atoms with Gasteiger partial charge in [-0.2, -0.15) is 9.40 Å². The molecule has 2 aromatic carbocycles. The van der Waals surface area contributed by atoms with E-state index in [9.17, 15) is 22.8 Å². The summed E-state index contributed by atoms with van der Waals surface area (Å²) in [5.41, 5.74) is 4.82. The third-order valence-electron chi connectivity index (χ3n) is 5.45. The molecule has 0 aliphatic rings. The number of hydrazine groups is 1. The highest BCUT2D eigenvalue weighted by atomic mass is 32.2. The van der Waals surface area contributed by atoms with E-state index in [-0.39, 0.29) is 28.3 Å². The van der Waals surface area contributed by atoms with Gasteiger partial charge in [0.05, 0.1) is 10.3 Å². The summed E-state index contributed by atoms with van der Waals surface area (Å²) in [6.07, 6.45) is 0. The lowest BCUT2D eigenvalue weighted by Crippen LogP contribution is -2.43. The van der Waals surface area contributed by atoms with Gasteiger partial charge >= 0.3 is 0 Å². The Labute approximate surface area is 197 Å². The fraction of sp³-hybridized carbons (Fsp3) is 0.304. The number of fused-ring (bicyclic) bond motifs is 1. The first-order valence-corrected chi connectivity index (χ1v) is 12.3. The van der Waals surface area contributed by atoms with Crippen molar-refractivity contribution in [3.05, 3.63) is 69.6 Å². The number of benzene rings is 2. The summed E-state index contributed by atoms with van der Waals surface area (Å²) in [7, 11) is -3.77. The maximum Gasteiger partial charge on any atom is 0.290 e. The second-order valence-corrected chi connectivity index (χ2v) is 9.40.